The second-order valence-electron chi connectivity index (χ2n) is 6.25. The van der Waals surface area contributed by atoms with E-state index in [4.69, 9.17) is 9.47 Å². The molecule has 2 aliphatic rings. The third-order valence-corrected chi connectivity index (χ3v) is 4.43. The molecule has 1 N–H and O–H groups in total. The van der Waals surface area contributed by atoms with Crippen LogP contribution in [-0.2, 0) is 16.1 Å². The fraction of sp³-hybridized carbons (Fsp3) is 0.316. The Balaban J connectivity index is 1.37. The summed E-state index contributed by atoms with van der Waals surface area (Å²) in [7, 11) is 0. The van der Waals surface area contributed by atoms with Crippen LogP contribution in [0, 0.1) is 0 Å². The monoisotopic (exact) mass is 353 g/mol. The number of rotatable bonds is 4. The van der Waals surface area contributed by atoms with Crippen LogP contribution in [0.5, 0.6) is 11.5 Å². The van der Waals surface area contributed by atoms with E-state index in [2.05, 4.69) is 10.3 Å². The van der Waals surface area contributed by atoms with E-state index in [1.54, 1.807) is 17.2 Å². The molecular weight excluding hydrogens is 334 g/mol. The number of ether oxygens (including phenoxy) is 2. The number of nitrogens with zero attached hydrogens (tertiary/aromatic N) is 2. The van der Waals surface area contributed by atoms with E-state index in [0.717, 1.165) is 12.0 Å². The maximum absolute atomic E-state index is 12.4. The molecule has 7 heteroatoms. The summed E-state index contributed by atoms with van der Waals surface area (Å²) >= 11 is 0. The predicted molar refractivity (Wildman–Crippen MR) is 94.0 cm³/mol. The molecular formula is C19H19N3O4. The van der Waals surface area contributed by atoms with Crippen LogP contribution in [-0.4, -0.2) is 36.1 Å². The number of nitrogens with one attached hydrogen (secondary N) is 1. The van der Waals surface area contributed by atoms with Crippen molar-refractivity contribution >= 4 is 17.6 Å². The zero-order valence-corrected chi connectivity index (χ0v) is 14.2. The zero-order chi connectivity index (χ0) is 17.9. The first-order valence-corrected chi connectivity index (χ1v) is 8.62. The van der Waals surface area contributed by atoms with Crippen LogP contribution >= 0.6 is 0 Å². The minimum atomic E-state index is -0.689. The SMILES string of the molecule is O=C(NCc1ccnc(N2CCCC2=O)c1)[C@@H]1COc2ccccc2O1. The minimum absolute atomic E-state index is 0.0881. The molecule has 1 fully saturated rings. The number of amides is 2. The number of hydrogen-bond donors (Lipinski definition) is 1. The van der Waals surface area contributed by atoms with Gasteiger partial charge in [0.15, 0.2) is 11.5 Å². The average Bonchev–Trinajstić information content (AvgIpc) is 3.12. The van der Waals surface area contributed by atoms with Gasteiger partial charge in [-0.15, -0.1) is 0 Å². The van der Waals surface area contributed by atoms with E-state index >= 15 is 0 Å². The van der Waals surface area contributed by atoms with Crippen LogP contribution in [0.4, 0.5) is 5.82 Å². The predicted octanol–water partition coefficient (Wildman–Crippen LogP) is 1.66. The standard InChI is InChI=1S/C19H19N3O4/c23-18-6-3-9-22(18)17-10-13(7-8-20-17)11-21-19(24)16-12-25-14-4-1-2-5-15(14)26-16/h1-2,4-5,7-8,10,16H,3,6,9,11-12H2,(H,21,24)/t16-/m0/s1. The maximum Gasteiger partial charge on any atom is 0.264 e. The van der Waals surface area contributed by atoms with Gasteiger partial charge in [-0.2, -0.15) is 0 Å². The number of aromatic nitrogens is 1. The second-order valence-corrected chi connectivity index (χ2v) is 6.25. The van der Waals surface area contributed by atoms with Crippen LogP contribution in [0.25, 0.3) is 0 Å². The van der Waals surface area contributed by atoms with Crippen molar-refractivity contribution in [1.29, 1.82) is 0 Å². The molecule has 3 heterocycles. The quantitative estimate of drug-likeness (QED) is 0.904. The number of fused-ring (bicyclic) bond motifs is 1. The lowest BCUT2D eigenvalue weighted by Gasteiger charge is -2.25. The Hall–Kier alpha value is -3.09. The smallest absolute Gasteiger partial charge is 0.264 e. The summed E-state index contributed by atoms with van der Waals surface area (Å²) in [5.41, 5.74) is 0.875. The Kier molecular flexibility index (Phi) is 4.43. The van der Waals surface area contributed by atoms with Gasteiger partial charge >= 0.3 is 0 Å². The van der Waals surface area contributed by atoms with E-state index in [0.29, 0.717) is 36.8 Å². The first kappa shape index (κ1) is 16.4. The fourth-order valence-electron chi connectivity index (χ4n) is 3.06. The zero-order valence-electron chi connectivity index (χ0n) is 14.2. The van der Waals surface area contributed by atoms with Gasteiger partial charge < -0.3 is 14.8 Å². The number of anilines is 1. The highest BCUT2D eigenvalue weighted by Crippen LogP contribution is 2.30. The lowest BCUT2D eigenvalue weighted by Crippen LogP contribution is -2.43. The molecule has 1 saturated heterocycles. The summed E-state index contributed by atoms with van der Waals surface area (Å²) < 4.78 is 11.3. The average molecular weight is 353 g/mol. The number of carbonyl (C=O) groups is 2. The normalized spacial score (nSPS) is 18.7. The van der Waals surface area contributed by atoms with E-state index in [-0.39, 0.29) is 18.4 Å². The summed E-state index contributed by atoms with van der Waals surface area (Å²) in [6, 6.07) is 10.9. The van der Waals surface area contributed by atoms with Gasteiger partial charge in [0.1, 0.15) is 12.4 Å². The summed E-state index contributed by atoms with van der Waals surface area (Å²) in [4.78, 5) is 30.2. The van der Waals surface area contributed by atoms with Crippen molar-refractivity contribution in [2.24, 2.45) is 0 Å². The topological polar surface area (TPSA) is 80.8 Å². The third kappa shape index (κ3) is 3.33. The van der Waals surface area contributed by atoms with E-state index in [1.165, 1.54) is 0 Å². The van der Waals surface area contributed by atoms with Crippen LogP contribution in [0.15, 0.2) is 42.6 Å². The number of benzene rings is 1. The molecule has 0 unspecified atom stereocenters. The largest absolute Gasteiger partial charge is 0.485 e. The van der Waals surface area contributed by atoms with Crippen molar-refractivity contribution in [3.63, 3.8) is 0 Å². The first-order chi connectivity index (χ1) is 12.7. The molecule has 0 spiro atoms. The van der Waals surface area contributed by atoms with Crippen molar-refractivity contribution in [3.8, 4) is 11.5 Å². The molecule has 26 heavy (non-hydrogen) atoms. The van der Waals surface area contributed by atoms with Gasteiger partial charge in [-0.3, -0.25) is 14.5 Å². The van der Waals surface area contributed by atoms with E-state index < -0.39 is 6.10 Å². The van der Waals surface area contributed by atoms with Crippen LogP contribution in [0.1, 0.15) is 18.4 Å². The Labute approximate surface area is 150 Å². The van der Waals surface area contributed by atoms with Crippen molar-refractivity contribution < 1.29 is 19.1 Å². The minimum Gasteiger partial charge on any atom is -0.485 e. The molecule has 134 valence electrons. The molecule has 1 atom stereocenters. The molecule has 1 aromatic carbocycles. The van der Waals surface area contributed by atoms with E-state index in [9.17, 15) is 9.59 Å². The lowest BCUT2D eigenvalue weighted by atomic mass is 10.2. The molecule has 1 aromatic heterocycles. The maximum atomic E-state index is 12.4. The summed E-state index contributed by atoms with van der Waals surface area (Å²) in [5, 5.41) is 2.85. The molecule has 2 aromatic rings. The Morgan fingerprint density at radius 3 is 2.92 bits per heavy atom. The Bertz CT molecular complexity index is 839. The highest BCUT2D eigenvalue weighted by atomic mass is 16.6. The van der Waals surface area contributed by atoms with Gasteiger partial charge in [-0.25, -0.2) is 4.98 Å². The Morgan fingerprint density at radius 2 is 2.12 bits per heavy atom. The van der Waals surface area contributed by atoms with Gasteiger partial charge in [-0.05, 0) is 36.2 Å². The highest BCUT2D eigenvalue weighted by molar-refractivity contribution is 5.94. The third-order valence-electron chi connectivity index (χ3n) is 4.43. The number of pyridine rings is 1. The van der Waals surface area contributed by atoms with Gasteiger partial charge in [0.05, 0.1) is 0 Å². The van der Waals surface area contributed by atoms with Crippen molar-refractivity contribution in [2.75, 3.05) is 18.1 Å². The molecule has 2 amide bonds. The Morgan fingerprint density at radius 1 is 1.27 bits per heavy atom. The fourth-order valence-corrected chi connectivity index (χ4v) is 3.06. The first-order valence-electron chi connectivity index (χ1n) is 8.62. The van der Waals surface area contributed by atoms with Crippen LogP contribution in [0.3, 0.4) is 0 Å². The van der Waals surface area contributed by atoms with Gasteiger partial charge in [0, 0.05) is 25.7 Å². The van der Waals surface area contributed by atoms with Crippen LogP contribution in [0.2, 0.25) is 0 Å². The number of carbonyl (C=O) groups excluding carboxylic acids is 2. The highest BCUT2D eigenvalue weighted by Gasteiger charge is 2.27. The molecule has 4 rings (SSSR count). The van der Waals surface area contributed by atoms with E-state index in [1.807, 2.05) is 30.3 Å². The van der Waals surface area contributed by atoms with Crippen molar-refractivity contribution in [2.45, 2.75) is 25.5 Å². The second kappa shape index (κ2) is 7.03. The number of hydrogen-bond acceptors (Lipinski definition) is 5. The van der Waals surface area contributed by atoms with Crippen molar-refractivity contribution in [1.82, 2.24) is 10.3 Å². The summed E-state index contributed by atoms with van der Waals surface area (Å²) in [5.74, 6) is 1.69. The molecule has 2 aliphatic heterocycles. The van der Waals surface area contributed by atoms with Crippen LogP contribution < -0.4 is 19.7 Å². The molecule has 0 radical (unpaired) electrons. The van der Waals surface area contributed by atoms with Gasteiger partial charge in [0.2, 0.25) is 12.0 Å². The molecule has 0 aliphatic carbocycles. The molecule has 0 saturated carbocycles. The lowest BCUT2D eigenvalue weighted by molar-refractivity contribution is -0.130. The van der Waals surface area contributed by atoms with Crippen molar-refractivity contribution in [3.05, 3.63) is 48.2 Å². The van der Waals surface area contributed by atoms with Gasteiger partial charge in [0.25, 0.3) is 5.91 Å². The summed E-state index contributed by atoms with van der Waals surface area (Å²) in [6.45, 7) is 1.19. The van der Waals surface area contributed by atoms with Gasteiger partial charge in [-0.1, -0.05) is 12.1 Å². The molecule has 7 nitrogen and oxygen atoms in total. The molecule has 0 bridgehead atoms. The summed E-state index contributed by atoms with van der Waals surface area (Å²) in [6.07, 6.45) is 2.37. The number of para-hydroxylation sites is 2.